The fraction of sp³-hybridized carbons (Fsp3) is 0.667. The van der Waals surface area contributed by atoms with E-state index in [4.69, 9.17) is 4.74 Å². The van der Waals surface area contributed by atoms with Crippen molar-refractivity contribution in [3.8, 4) is 0 Å². The van der Waals surface area contributed by atoms with Gasteiger partial charge in [0.1, 0.15) is 0 Å². The van der Waals surface area contributed by atoms with E-state index in [2.05, 4.69) is 19.2 Å². The molecule has 1 aliphatic heterocycles. The van der Waals surface area contributed by atoms with Gasteiger partial charge in [-0.15, -0.1) is 0 Å². The number of sulfonamides is 1. The molecular weight excluding hydrogens is 428 g/mol. The first-order valence-corrected chi connectivity index (χ1v) is 13.2. The summed E-state index contributed by atoms with van der Waals surface area (Å²) in [7, 11) is -3.59. The molecule has 1 aromatic carbocycles. The van der Waals surface area contributed by atoms with Crippen LogP contribution in [-0.4, -0.2) is 49.8 Å². The van der Waals surface area contributed by atoms with E-state index in [0.29, 0.717) is 18.8 Å². The van der Waals surface area contributed by atoms with Gasteiger partial charge in [-0.2, -0.15) is 4.31 Å². The Labute approximate surface area is 191 Å². The second-order valence-electron chi connectivity index (χ2n) is 9.32. The highest BCUT2D eigenvalue weighted by Gasteiger charge is 2.34. The van der Waals surface area contributed by atoms with Crippen molar-refractivity contribution in [3.05, 3.63) is 29.8 Å². The summed E-state index contributed by atoms with van der Waals surface area (Å²) in [4.78, 5) is 25.2. The van der Waals surface area contributed by atoms with Crippen molar-refractivity contribution in [2.24, 2.45) is 5.92 Å². The van der Waals surface area contributed by atoms with Gasteiger partial charge in [0.05, 0.1) is 10.8 Å². The second-order valence-corrected chi connectivity index (χ2v) is 11.3. The predicted molar refractivity (Wildman–Crippen MR) is 123 cm³/mol. The van der Waals surface area contributed by atoms with Crippen molar-refractivity contribution >= 4 is 21.9 Å². The number of nitrogens with zero attached hydrogens (tertiary/aromatic N) is 1. The summed E-state index contributed by atoms with van der Waals surface area (Å²) < 4.78 is 32.8. The van der Waals surface area contributed by atoms with Gasteiger partial charge in [0.15, 0.2) is 6.10 Å². The van der Waals surface area contributed by atoms with Gasteiger partial charge in [-0.05, 0) is 56.2 Å². The molecule has 8 heteroatoms. The van der Waals surface area contributed by atoms with Crippen LogP contribution in [0.2, 0.25) is 0 Å². The van der Waals surface area contributed by atoms with Crippen molar-refractivity contribution in [2.45, 2.75) is 88.7 Å². The highest BCUT2D eigenvalue weighted by atomic mass is 32.2. The number of rotatable bonds is 7. The number of esters is 1. The number of carbonyl (C=O) groups excluding carboxylic acids is 2. The summed E-state index contributed by atoms with van der Waals surface area (Å²) in [5, 5.41) is 2.98. The van der Waals surface area contributed by atoms with Crippen LogP contribution in [0.1, 0.15) is 77.2 Å². The minimum Gasteiger partial charge on any atom is -0.452 e. The molecule has 2 aliphatic rings. The molecule has 1 N–H and O–H groups in total. The smallest absolute Gasteiger partial charge is 0.309 e. The predicted octanol–water partition coefficient (Wildman–Crippen LogP) is 3.59. The third-order valence-corrected chi connectivity index (χ3v) is 8.50. The maximum atomic E-state index is 13.0. The molecule has 7 nitrogen and oxygen atoms in total. The normalized spacial score (nSPS) is 20.1. The summed E-state index contributed by atoms with van der Waals surface area (Å²) in [5.74, 6) is -0.736. The summed E-state index contributed by atoms with van der Waals surface area (Å²) in [6.07, 6.45) is 5.31. The zero-order chi connectivity index (χ0) is 23.3. The molecular formula is C24H36N2O5S. The standard InChI is InChI=1S/C24H36N2O5S/c1-17(2)19-9-11-22(12-10-19)32(29,30)26-15-13-20(14-16-26)24(28)31-18(3)23(27)25-21-7-5-4-6-8-21/h9-12,17-18,20-21H,4-8,13-16H2,1-3H3,(H,25,27)/t18-/m1/s1. The number of piperidine rings is 1. The Hall–Kier alpha value is -1.93. The molecule has 1 aliphatic carbocycles. The Morgan fingerprint density at radius 1 is 0.969 bits per heavy atom. The van der Waals surface area contributed by atoms with E-state index in [-0.39, 0.29) is 29.9 Å². The van der Waals surface area contributed by atoms with Crippen molar-refractivity contribution in [3.63, 3.8) is 0 Å². The van der Waals surface area contributed by atoms with Gasteiger partial charge < -0.3 is 10.1 Å². The number of benzene rings is 1. The summed E-state index contributed by atoms with van der Waals surface area (Å²) in [6, 6.07) is 7.17. The van der Waals surface area contributed by atoms with E-state index in [1.807, 2.05) is 12.1 Å². The third kappa shape index (κ3) is 6.10. The highest BCUT2D eigenvalue weighted by Crippen LogP contribution is 2.26. The number of amides is 1. The highest BCUT2D eigenvalue weighted by molar-refractivity contribution is 7.89. The number of ether oxygens (including phenoxy) is 1. The van der Waals surface area contributed by atoms with Gasteiger partial charge >= 0.3 is 5.97 Å². The molecule has 0 radical (unpaired) electrons. The molecule has 0 aromatic heterocycles. The van der Waals surface area contributed by atoms with Crippen molar-refractivity contribution in [1.82, 2.24) is 9.62 Å². The van der Waals surface area contributed by atoms with Crippen LogP contribution in [0.3, 0.4) is 0 Å². The second kappa shape index (κ2) is 10.8. The van der Waals surface area contributed by atoms with Crippen LogP contribution in [0, 0.1) is 5.92 Å². The Balaban J connectivity index is 1.49. The Bertz CT molecular complexity index is 883. The fourth-order valence-electron chi connectivity index (χ4n) is 4.40. The molecule has 0 bridgehead atoms. The molecule has 32 heavy (non-hydrogen) atoms. The topological polar surface area (TPSA) is 92.8 Å². The van der Waals surface area contributed by atoms with E-state index in [1.54, 1.807) is 19.1 Å². The van der Waals surface area contributed by atoms with E-state index < -0.39 is 28.0 Å². The maximum absolute atomic E-state index is 13.0. The van der Waals surface area contributed by atoms with Crippen LogP contribution in [0.25, 0.3) is 0 Å². The number of hydrogen-bond acceptors (Lipinski definition) is 5. The minimum absolute atomic E-state index is 0.167. The fourth-order valence-corrected chi connectivity index (χ4v) is 5.86. The van der Waals surface area contributed by atoms with Gasteiger partial charge in [0.25, 0.3) is 5.91 Å². The molecule has 0 spiro atoms. The van der Waals surface area contributed by atoms with E-state index >= 15 is 0 Å². The molecule has 1 saturated carbocycles. The molecule has 1 amide bonds. The monoisotopic (exact) mass is 464 g/mol. The van der Waals surface area contributed by atoms with E-state index in [1.165, 1.54) is 10.7 Å². The van der Waals surface area contributed by atoms with Gasteiger partial charge in [-0.25, -0.2) is 8.42 Å². The zero-order valence-electron chi connectivity index (χ0n) is 19.4. The maximum Gasteiger partial charge on any atom is 0.309 e. The molecule has 1 heterocycles. The molecule has 3 rings (SSSR count). The van der Waals surface area contributed by atoms with E-state index in [0.717, 1.165) is 31.2 Å². The first-order valence-electron chi connectivity index (χ1n) is 11.8. The van der Waals surface area contributed by atoms with E-state index in [9.17, 15) is 18.0 Å². The minimum atomic E-state index is -3.59. The molecule has 0 unspecified atom stereocenters. The number of nitrogens with one attached hydrogen (secondary N) is 1. The van der Waals surface area contributed by atoms with Gasteiger partial charge in [0, 0.05) is 19.1 Å². The van der Waals surface area contributed by atoms with Gasteiger partial charge in [-0.1, -0.05) is 45.2 Å². The van der Waals surface area contributed by atoms with Crippen molar-refractivity contribution < 1.29 is 22.7 Å². The Morgan fingerprint density at radius 3 is 2.12 bits per heavy atom. The molecule has 1 atom stereocenters. The number of hydrogen-bond donors (Lipinski definition) is 1. The molecule has 1 aromatic rings. The SMILES string of the molecule is CC(C)c1ccc(S(=O)(=O)N2CCC(C(=O)O[C@H](C)C(=O)NC3CCCCC3)CC2)cc1. The van der Waals surface area contributed by atoms with Gasteiger partial charge in [-0.3, -0.25) is 9.59 Å². The Kier molecular flexibility index (Phi) is 8.33. The lowest BCUT2D eigenvalue weighted by atomic mass is 9.95. The lowest BCUT2D eigenvalue weighted by Gasteiger charge is -2.31. The third-order valence-electron chi connectivity index (χ3n) is 6.59. The lowest BCUT2D eigenvalue weighted by Crippen LogP contribution is -2.44. The lowest BCUT2D eigenvalue weighted by molar-refractivity contribution is -0.160. The largest absolute Gasteiger partial charge is 0.452 e. The van der Waals surface area contributed by atoms with Crippen molar-refractivity contribution in [2.75, 3.05) is 13.1 Å². The van der Waals surface area contributed by atoms with Crippen LogP contribution in [0.15, 0.2) is 29.2 Å². The van der Waals surface area contributed by atoms with Crippen LogP contribution in [0.5, 0.6) is 0 Å². The van der Waals surface area contributed by atoms with Crippen LogP contribution in [-0.2, 0) is 24.3 Å². The first-order chi connectivity index (χ1) is 15.2. The van der Waals surface area contributed by atoms with Gasteiger partial charge in [0.2, 0.25) is 10.0 Å². The van der Waals surface area contributed by atoms with Crippen LogP contribution >= 0.6 is 0 Å². The van der Waals surface area contributed by atoms with Crippen LogP contribution in [0.4, 0.5) is 0 Å². The summed E-state index contributed by atoms with van der Waals surface area (Å²) >= 11 is 0. The number of carbonyl (C=O) groups is 2. The van der Waals surface area contributed by atoms with Crippen LogP contribution < -0.4 is 5.32 Å². The first kappa shape index (κ1) is 24.7. The zero-order valence-corrected chi connectivity index (χ0v) is 20.2. The Morgan fingerprint density at radius 2 is 1.56 bits per heavy atom. The van der Waals surface area contributed by atoms with Crippen molar-refractivity contribution in [1.29, 1.82) is 0 Å². The average molecular weight is 465 g/mol. The quantitative estimate of drug-likeness (QED) is 0.623. The molecule has 2 fully saturated rings. The summed E-state index contributed by atoms with van der Waals surface area (Å²) in [5.41, 5.74) is 1.09. The molecule has 1 saturated heterocycles. The molecule has 178 valence electrons. The average Bonchev–Trinajstić information content (AvgIpc) is 2.79. The summed E-state index contributed by atoms with van der Waals surface area (Å²) in [6.45, 7) is 6.24.